The first kappa shape index (κ1) is 24.6. The predicted octanol–water partition coefficient (Wildman–Crippen LogP) is 6.01. The Morgan fingerprint density at radius 3 is 2.14 bits per heavy atom. The molecule has 4 aromatic rings. The minimum Gasteiger partial charge on any atom is -0.481 e. The summed E-state index contributed by atoms with van der Waals surface area (Å²) in [5.41, 5.74) is 3.79. The molecule has 1 amide bonds. The van der Waals surface area contributed by atoms with E-state index in [0.717, 1.165) is 23.3 Å². The highest BCUT2D eigenvalue weighted by Gasteiger charge is 2.18. The van der Waals surface area contributed by atoms with Crippen LogP contribution < -0.4 is 5.32 Å². The Morgan fingerprint density at radius 2 is 1.53 bits per heavy atom. The molecular formula is C27H22F2N2O5. The molecular weight excluding hydrogens is 470 g/mol. The molecule has 0 bridgehead atoms. The van der Waals surface area contributed by atoms with E-state index in [2.05, 4.69) is 10.5 Å². The van der Waals surface area contributed by atoms with Gasteiger partial charge in [-0.3, -0.25) is 10.1 Å². The Kier molecular flexibility index (Phi) is 7.39. The number of carbonyl (C=O) groups excluding carboxylic acids is 1. The van der Waals surface area contributed by atoms with E-state index < -0.39 is 23.7 Å². The summed E-state index contributed by atoms with van der Waals surface area (Å²) in [5.74, 6) is -1.92. The number of carboxylic acids is 1. The number of aryl methyl sites for hydroxylation is 1. The van der Waals surface area contributed by atoms with E-state index in [0.29, 0.717) is 28.3 Å². The number of hydrogen-bond acceptors (Lipinski definition) is 5. The summed E-state index contributed by atoms with van der Waals surface area (Å²) in [4.78, 5) is 23.2. The predicted molar refractivity (Wildman–Crippen MR) is 128 cm³/mol. The summed E-state index contributed by atoms with van der Waals surface area (Å²) in [6.07, 6.45) is -0.958. The van der Waals surface area contributed by atoms with Crippen LogP contribution in [0.4, 0.5) is 19.3 Å². The number of halogens is 2. The van der Waals surface area contributed by atoms with Crippen molar-refractivity contribution in [2.24, 2.45) is 0 Å². The maximum absolute atomic E-state index is 13.7. The number of benzene rings is 3. The van der Waals surface area contributed by atoms with E-state index in [9.17, 15) is 18.4 Å². The first-order valence-corrected chi connectivity index (χ1v) is 11.1. The lowest BCUT2D eigenvalue weighted by Crippen LogP contribution is -2.16. The minimum absolute atomic E-state index is 0.0387. The average molecular weight is 492 g/mol. The number of hydrogen-bond donors (Lipinski definition) is 2. The number of carbonyl (C=O) groups is 2. The zero-order valence-electron chi connectivity index (χ0n) is 19.3. The number of aliphatic carboxylic acids is 1. The third kappa shape index (κ3) is 5.75. The third-order valence-electron chi connectivity index (χ3n) is 5.54. The van der Waals surface area contributed by atoms with Gasteiger partial charge in [-0.25, -0.2) is 13.6 Å². The summed E-state index contributed by atoms with van der Waals surface area (Å²) in [6, 6.07) is 18.2. The van der Waals surface area contributed by atoms with Crippen LogP contribution in [-0.4, -0.2) is 28.9 Å². The van der Waals surface area contributed by atoms with Crippen LogP contribution in [0, 0.1) is 18.6 Å². The van der Waals surface area contributed by atoms with Gasteiger partial charge in [0.1, 0.15) is 23.0 Å². The van der Waals surface area contributed by atoms with Crippen LogP contribution in [0.1, 0.15) is 16.9 Å². The molecule has 0 aliphatic rings. The molecule has 36 heavy (non-hydrogen) atoms. The topological polar surface area (TPSA) is 102 Å². The second-order valence-electron chi connectivity index (χ2n) is 8.02. The Hall–Kier alpha value is -4.53. The van der Waals surface area contributed by atoms with E-state index in [1.807, 2.05) is 36.4 Å². The van der Waals surface area contributed by atoms with Gasteiger partial charge in [0.05, 0.1) is 13.0 Å². The molecule has 0 saturated heterocycles. The molecule has 0 unspecified atom stereocenters. The summed E-state index contributed by atoms with van der Waals surface area (Å²) < 4.78 is 37.8. The number of aromatic nitrogens is 1. The van der Waals surface area contributed by atoms with Crippen LogP contribution in [0.3, 0.4) is 0 Å². The van der Waals surface area contributed by atoms with Crippen molar-refractivity contribution in [2.45, 2.75) is 19.8 Å². The molecule has 1 heterocycles. The fourth-order valence-corrected chi connectivity index (χ4v) is 3.68. The molecule has 0 fully saturated rings. The molecule has 0 spiro atoms. The summed E-state index contributed by atoms with van der Waals surface area (Å²) in [5, 5.41) is 15.5. The second kappa shape index (κ2) is 10.8. The van der Waals surface area contributed by atoms with Gasteiger partial charge in [0.2, 0.25) is 0 Å². The number of amides is 1. The Balaban J connectivity index is 1.42. The fraction of sp³-hybridized carbons (Fsp3) is 0.148. The molecule has 0 aliphatic carbocycles. The van der Waals surface area contributed by atoms with Crippen molar-refractivity contribution in [1.29, 1.82) is 0 Å². The van der Waals surface area contributed by atoms with Crippen molar-refractivity contribution in [3.05, 3.63) is 95.3 Å². The van der Waals surface area contributed by atoms with Crippen molar-refractivity contribution >= 4 is 17.7 Å². The van der Waals surface area contributed by atoms with Gasteiger partial charge in [-0.15, -0.1) is 0 Å². The molecule has 0 radical (unpaired) electrons. The number of nitrogens with zero attached hydrogens (tertiary/aromatic N) is 1. The van der Waals surface area contributed by atoms with Gasteiger partial charge >= 0.3 is 12.1 Å². The fourth-order valence-electron chi connectivity index (χ4n) is 3.68. The van der Waals surface area contributed by atoms with E-state index >= 15 is 0 Å². The second-order valence-corrected chi connectivity index (χ2v) is 8.02. The SMILES string of the molecule is Cc1onc(-c2ccc(-c3ccc(CC(=O)O)cc3)cc2)c1NC(=O)OCCc1c(F)cccc1F. The molecule has 2 N–H and O–H groups in total. The van der Waals surface area contributed by atoms with Gasteiger partial charge < -0.3 is 14.4 Å². The first-order valence-electron chi connectivity index (χ1n) is 11.1. The molecule has 9 heteroatoms. The summed E-state index contributed by atoms with van der Waals surface area (Å²) in [6.45, 7) is 1.41. The van der Waals surface area contributed by atoms with Gasteiger partial charge in [-0.1, -0.05) is 59.8 Å². The molecule has 0 aliphatic heterocycles. The molecule has 4 rings (SSSR count). The highest BCUT2D eigenvalue weighted by molar-refractivity contribution is 5.91. The van der Waals surface area contributed by atoms with Crippen LogP contribution >= 0.6 is 0 Å². The van der Waals surface area contributed by atoms with Gasteiger partial charge in [-0.2, -0.15) is 0 Å². The number of ether oxygens (including phenoxy) is 1. The van der Waals surface area contributed by atoms with E-state index in [1.165, 1.54) is 6.07 Å². The number of rotatable bonds is 8. The van der Waals surface area contributed by atoms with Crippen molar-refractivity contribution in [3.8, 4) is 22.4 Å². The summed E-state index contributed by atoms with van der Waals surface area (Å²) >= 11 is 0. The number of carboxylic acid groups (broad SMARTS) is 1. The average Bonchev–Trinajstić information content (AvgIpc) is 3.21. The van der Waals surface area contributed by atoms with Crippen molar-refractivity contribution in [1.82, 2.24) is 5.16 Å². The van der Waals surface area contributed by atoms with Crippen LogP contribution in [0.15, 0.2) is 71.3 Å². The minimum atomic E-state index is -0.887. The number of anilines is 1. The third-order valence-corrected chi connectivity index (χ3v) is 5.54. The zero-order chi connectivity index (χ0) is 25.7. The normalized spacial score (nSPS) is 10.8. The molecule has 3 aromatic carbocycles. The Morgan fingerprint density at radius 1 is 0.944 bits per heavy atom. The molecule has 1 aromatic heterocycles. The van der Waals surface area contributed by atoms with Gasteiger partial charge in [-0.05, 0) is 35.7 Å². The van der Waals surface area contributed by atoms with E-state index in [1.54, 1.807) is 19.1 Å². The van der Waals surface area contributed by atoms with Crippen molar-refractivity contribution in [3.63, 3.8) is 0 Å². The van der Waals surface area contributed by atoms with Gasteiger partial charge in [0.25, 0.3) is 0 Å². The van der Waals surface area contributed by atoms with Gasteiger partial charge in [0, 0.05) is 17.5 Å². The standard InChI is InChI=1S/C27H22F2N2O5/c1-16-25(30-27(34)35-14-13-21-22(28)3-2-4-23(21)29)26(31-36-16)20-11-9-19(10-12-20)18-7-5-17(6-8-18)15-24(32)33/h2-12H,13-15H2,1H3,(H,30,34)(H,32,33). The molecule has 0 atom stereocenters. The van der Waals surface area contributed by atoms with Gasteiger partial charge in [0.15, 0.2) is 5.76 Å². The van der Waals surface area contributed by atoms with Crippen LogP contribution in [-0.2, 0) is 22.4 Å². The van der Waals surface area contributed by atoms with Crippen LogP contribution in [0.5, 0.6) is 0 Å². The maximum Gasteiger partial charge on any atom is 0.411 e. The smallest absolute Gasteiger partial charge is 0.411 e. The Bertz CT molecular complexity index is 1360. The Labute approximate surface area is 205 Å². The van der Waals surface area contributed by atoms with Crippen molar-refractivity contribution < 1.29 is 32.7 Å². The van der Waals surface area contributed by atoms with E-state index in [-0.39, 0.29) is 25.0 Å². The lowest BCUT2D eigenvalue weighted by atomic mass is 10.0. The van der Waals surface area contributed by atoms with Crippen molar-refractivity contribution in [2.75, 3.05) is 11.9 Å². The summed E-state index contributed by atoms with van der Waals surface area (Å²) in [7, 11) is 0. The quantitative estimate of drug-likeness (QED) is 0.312. The lowest BCUT2D eigenvalue weighted by molar-refractivity contribution is -0.136. The first-order chi connectivity index (χ1) is 17.3. The lowest BCUT2D eigenvalue weighted by Gasteiger charge is -2.09. The maximum atomic E-state index is 13.7. The van der Waals surface area contributed by atoms with E-state index in [4.69, 9.17) is 14.4 Å². The zero-order valence-corrected chi connectivity index (χ0v) is 19.3. The monoisotopic (exact) mass is 492 g/mol. The largest absolute Gasteiger partial charge is 0.481 e. The molecule has 7 nitrogen and oxygen atoms in total. The number of nitrogens with one attached hydrogen (secondary N) is 1. The van der Waals surface area contributed by atoms with Crippen LogP contribution in [0.25, 0.3) is 22.4 Å². The highest BCUT2D eigenvalue weighted by atomic mass is 19.1. The van der Waals surface area contributed by atoms with Crippen LogP contribution in [0.2, 0.25) is 0 Å². The molecule has 0 saturated carbocycles. The highest BCUT2D eigenvalue weighted by Crippen LogP contribution is 2.32. The molecule has 184 valence electrons.